The van der Waals surface area contributed by atoms with Gasteiger partial charge in [0.2, 0.25) is 5.91 Å². The molecule has 1 aromatic carbocycles. The molecule has 212 valence electrons. The molecule has 0 spiro atoms. The molecule has 3 aromatic rings. The molecule has 40 heavy (non-hydrogen) atoms. The number of aliphatic hydroxyl groups is 1. The number of hydrogen-bond donors (Lipinski definition) is 3. The maximum Gasteiger partial charge on any atom is 0.409 e. The molecule has 0 saturated heterocycles. The van der Waals surface area contributed by atoms with Gasteiger partial charge in [0.15, 0.2) is 0 Å². The standard InChI is InChI=1S/C31H38N4O4S/c1-30(38)18-31(32,19-30)23-8-6-21(7-9-23)26-16-33-27(15-25(26)22-12-13-40-17-22)34-28(36)14-20-4-10-24(11-5-20)35(2)29(37)39-3/h6-9,12-13,15-17,20,24,38H,4-5,10-11,14,18-19,32H2,1-3H3,(H,33,34,36). The molecule has 2 aliphatic carbocycles. The molecule has 2 aromatic heterocycles. The minimum absolute atomic E-state index is 0.0460. The average molecular weight is 563 g/mol. The van der Waals surface area contributed by atoms with Gasteiger partial charge < -0.3 is 25.8 Å². The Morgan fingerprint density at radius 2 is 1.82 bits per heavy atom. The molecule has 4 N–H and O–H groups in total. The predicted octanol–water partition coefficient (Wildman–Crippen LogP) is 5.76. The SMILES string of the molecule is COC(=O)N(C)C1CCC(CC(=O)Nc2cc(-c3ccsc3)c(-c3ccc(C4(N)CC(C)(O)C4)cc3)cn2)CC1. The minimum Gasteiger partial charge on any atom is -0.453 e. The van der Waals surface area contributed by atoms with Crippen molar-refractivity contribution in [2.24, 2.45) is 11.7 Å². The minimum atomic E-state index is -0.704. The zero-order chi connectivity index (χ0) is 28.5. The first-order chi connectivity index (χ1) is 19.1. The quantitative estimate of drug-likeness (QED) is 0.337. The molecule has 2 heterocycles. The monoisotopic (exact) mass is 562 g/mol. The van der Waals surface area contributed by atoms with E-state index in [1.54, 1.807) is 23.3 Å². The lowest BCUT2D eigenvalue weighted by molar-refractivity contribution is -0.117. The maximum atomic E-state index is 13.0. The molecular formula is C31H38N4O4S. The highest BCUT2D eigenvalue weighted by atomic mass is 32.1. The summed E-state index contributed by atoms with van der Waals surface area (Å²) in [6.45, 7) is 1.82. The van der Waals surface area contributed by atoms with Crippen molar-refractivity contribution in [3.63, 3.8) is 0 Å². The lowest BCUT2D eigenvalue weighted by atomic mass is 9.63. The van der Waals surface area contributed by atoms with Gasteiger partial charge in [0, 0.05) is 36.8 Å². The number of amides is 2. The lowest BCUT2D eigenvalue weighted by Gasteiger charge is -2.49. The summed E-state index contributed by atoms with van der Waals surface area (Å²) in [5.74, 6) is 0.764. The van der Waals surface area contributed by atoms with Crippen molar-refractivity contribution < 1.29 is 19.4 Å². The van der Waals surface area contributed by atoms with Crippen LogP contribution in [0, 0.1) is 5.92 Å². The van der Waals surface area contributed by atoms with Crippen LogP contribution >= 0.6 is 11.3 Å². The summed E-state index contributed by atoms with van der Waals surface area (Å²) in [6.07, 6.45) is 6.53. The fourth-order valence-corrected chi connectivity index (χ4v) is 7.04. The smallest absolute Gasteiger partial charge is 0.409 e. The van der Waals surface area contributed by atoms with Gasteiger partial charge in [-0.15, -0.1) is 0 Å². The molecule has 2 fully saturated rings. The highest BCUT2D eigenvalue weighted by Crippen LogP contribution is 2.46. The van der Waals surface area contributed by atoms with Crippen molar-refractivity contribution in [3.8, 4) is 22.3 Å². The number of carbonyl (C=O) groups excluding carboxylic acids is 2. The molecule has 5 rings (SSSR count). The van der Waals surface area contributed by atoms with Crippen molar-refractivity contribution in [2.45, 2.75) is 69.1 Å². The third kappa shape index (κ3) is 6.06. The Balaban J connectivity index is 1.26. The highest BCUT2D eigenvalue weighted by molar-refractivity contribution is 7.08. The van der Waals surface area contributed by atoms with Crippen LogP contribution in [0.4, 0.5) is 10.6 Å². The number of carbonyl (C=O) groups is 2. The largest absolute Gasteiger partial charge is 0.453 e. The number of nitrogens with zero attached hydrogens (tertiary/aromatic N) is 2. The number of anilines is 1. The number of pyridine rings is 1. The van der Waals surface area contributed by atoms with Gasteiger partial charge in [-0.1, -0.05) is 24.3 Å². The summed E-state index contributed by atoms with van der Waals surface area (Å²) in [7, 11) is 3.17. The van der Waals surface area contributed by atoms with Crippen molar-refractivity contribution in [1.82, 2.24) is 9.88 Å². The van der Waals surface area contributed by atoms with Crippen LogP contribution in [-0.2, 0) is 15.1 Å². The van der Waals surface area contributed by atoms with E-state index in [9.17, 15) is 14.7 Å². The van der Waals surface area contributed by atoms with Gasteiger partial charge in [-0.3, -0.25) is 4.79 Å². The lowest BCUT2D eigenvalue weighted by Crippen LogP contribution is -2.58. The summed E-state index contributed by atoms with van der Waals surface area (Å²) in [4.78, 5) is 31.0. The van der Waals surface area contributed by atoms with E-state index in [4.69, 9.17) is 10.5 Å². The van der Waals surface area contributed by atoms with E-state index >= 15 is 0 Å². The number of hydrogen-bond acceptors (Lipinski definition) is 7. The number of nitrogens with two attached hydrogens (primary N) is 1. The Morgan fingerprint density at radius 3 is 2.42 bits per heavy atom. The predicted molar refractivity (Wildman–Crippen MR) is 158 cm³/mol. The number of thiophene rings is 1. The summed E-state index contributed by atoms with van der Waals surface area (Å²) in [5.41, 5.74) is 10.4. The van der Waals surface area contributed by atoms with Gasteiger partial charge in [-0.25, -0.2) is 9.78 Å². The van der Waals surface area contributed by atoms with E-state index in [0.29, 0.717) is 25.1 Å². The molecule has 0 radical (unpaired) electrons. The van der Waals surface area contributed by atoms with Gasteiger partial charge in [0.05, 0.1) is 12.7 Å². The number of nitrogens with one attached hydrogen (secondary N) is 1. The molecule has 2 saturated carbocycles. The van der Waals surface area contributed by atoms with Crippen LogP contribution in [0.5, 0.6) is 0 Å². The van der Waals surface area contributed by atoms with E-state index in [1.165, 1.54) is 7.11 Å². The normalized spacial score (nSPS) is 26.0. The second-order valence-corrected chi connectivity index (χ2v) is 12.5. The van der Waals surface area contributed by atoms with Crippen molar-refractivity contribution in [3.05, 3.63) is 58.9 Å². The van der Waals surface area contributed by atoms with Crippen molar-refractivity contribution >= 4 is 29.2 Å². The number of benzene rings is 1. The van der Waals surface area contributed by atoms with Gasteiger partial charge in [-0.2, -0.15) is 11.3 Å². The Kier molecular flexibility index (Phi) is 7.99. The third-order valence-corrected chi connectivity index (χ3v) is 9.15. The number of methoxy groups -OCH3 is 1. The second-order valence-electron chi connectivity index (χ2n) is 11.7. The number of ether oxygens (including phenoxy) is 1. The Morgan fingerprint density at radius 1 is 1.12 bits per heavy atom. The molecule has 9 heteroatoms. The Bertz CT molecular complexity index is 1340. The average Bonchev–Trinajstić information content (AvgIpc) is 3.46. The third-order valence-electron chi connectivity index (χ3n) is 8.47. The highest BCUT2D eigenvalue weighted by Gasteiger charge is 2.49. The molecule has 0 unspecified atom stereocenters. The maximum absolute atomic E-state index is 13.0. The zero-order valence-corrected chi connectivity index (χ0v) is 24.2. The molecule has 2 amide bonds. The number of aromatic nitrogens is 1. The summed E-state index contributed by atoms with van der Waals surface area (Å²) in [6, 6.07) is 12.3. The fraction of sp³-hybridized carbons (Fsp3) is 0.452. The van der Waals surface area contributed by atoms with E-state index in [1.807, 2.05) is 36.7 Å². The van der Waals surface area contributed by atoms with Crippen LogP contribution in [0.1, 0.15) is 57.4 Å². The van der Waals surface area contributed by atoms with Crippen LogP contribution in [0.25, 0.3) is 22.3 Å². The van der Waals surface area contributed by atoms with Crippen molar-refractivity contribution in [1.29, 1.82) is 0 Å². The Hall–Kier alpha value is -3.27. The van der Waals surface area contributed by atoms with Crippen LogP contribution in [0.3, 0.4) is 0 Å². The van der Waals surface area contributed by atoms with Gasteiger partial charge in [-0.05, 0) is 96.5 Å². The molecule has 0 aliphatic heterocycles. The van der Waals surface area contributed by atoms with E-state index < -0.39 is 11.1 Å². The molecule has 0 atom stereocenters. The topological polar surface area (TPSA) is 118 Å². The van der Waals surface area contributed by atoms with E-state index in [-0.39, 0.29) is 24.0 Å². The van der Waals surface area contributed by atoms with Gasteiger partial charge in [0.1, 0.15) is 5.82 Å². The zero-order valence-electron chi connectivity index (χ0n) is 23.4. The first-order valence-corrected chi connectivity index (χ1v) is 14.8. The molecule has 2 aliphatic rings. The van der Waals surface area contributed by atoms with Gasteiger partial charge in [0.25, 0.3) is 0 Å². The summed E-state index contributed by atoms with van der Waals surface area (Å²) < 4.78 is 4.83. The molecule has 0 bridgehead atoms. The number of rotatable bonds is 7. The van der Waals surface area contributed by atoms with Crippen LogP contribution in [0.2, 0.25) is 0 Å². The Labute approximate surface area is 239 Å². The molecular weight excluding hydrogens is 524 g/mol. The van der Waals surface area contributed by atoms with E-state index in [0.717, 1.165) is 53.5 Å². The van der Waals surface area contributed by atoms with E-state index in [2.05, 4.69) is 33.9 Å². The van der Waals surface area contributed by atoms with Crippen LogP contribution in [0.15, 0.2) is 53.4 Å². The first kappa shape index (κ1) is 28.3. The molecule has 8 nitrogen and oxygen atoms in total. The fourth-order valence-electron chi connectivity index (χ4n) is 6.39. The first-order valence-electron chi connectivity index (χ1n) is 13.8. The second kappa shape index (κ2) is 11.3. The summed E-state index contributed by atoms with van der Waals surface area (Å²) in [5, 5.41) is 17.3. The van der Waals surface area contributed by atoms with Crippen LogP contribution in [-0.4, -0.2) is 52.8 Å². The van der Waals surface area contributed by atoms with Crippen LogP contribution < -0.4 is 11.1 Å². The van der Waals surface area contributed by atoms with Gasteiger partial charge >= 0.3 is 6.09 Å². The van der Waals surface area contributed by atoms with Crippen molar-refractivity contribution in [2.75, 3.05) is 19.5 Å². The summed E-state index contributed by atoms with van der Waals surface area (Å²) >= 11 is 1.62.